The molecule has 0 aromatic heterocycles. The van der Waals surface area contributed by atoms with Gasteiger partial charge in [0.2, 0.25) is 5.91 Å². The third kappa shape index (κ3) is 5.90. The molecule has 192 valence electrons. The average Bonchev–Trinajstić information content (AvgIpc) is 2.64. The first kappa shape index (κ1) is 30.5. The Labute approximate surface area is 173 Å². The number of carbonyl (C=O) groups is 1. The van der Waals surface area contributed by atoms with Crippen LogP contribution in [-0.2, 0) is 4.79 Å². The second kappa shape index (κ2) is 10.2. The van der Waals surface area contributed by atoms with Gasteiger partial charge in [-0.25, -0.2) is 5.06 Å². The van der Waals surface area contributed by atoms with Gasteiger partial charge >= 0.3 is 35.8 Å². The molecule has 0 radical (unpaired) electrons. The summed E-state index contributed by atoms with van der Waals surface area (Å²) in [6.07, 6.45) is -7.76. The van der Waals surface area contributed by atoms with E-state index in [1.54, 1.807) is 0 Å². The van der Waals surface area contributed by atoms with Crippen molar-refractivity contribution >= 4 is 5.91 Å². The molecule has 3 nitrogen and oxygen atoms in total. The van der Waals surface area contributed by atoms with Gasteiger partial charge in [0.05, 0.1) is 6.54 Å². The molecule has 0 bridgehead atoms. The highest BCUT2D eigenvalue weighted by Crippen LogP contribution is 2.60. The minimum atomic E-state index is -7.97. The maximum Gasteiger partial charge on any atom is 0.460 e. The van der Waals surface area contributed by atoms with Crippen molar-refractivity contribution in [3.05, 3.63) is 0 Å². The summed E-state index contributed by atoms with van der Waals surface area (Å²) in [6.45, 7) is 0.0356. The van der Waals surface area contributed by atoms with Crippen LogP contribution in [0.3, 0.4) is 0 Å². The quantitative estimate of drug-likeness (QED) is 0.131. The van der Waals surface area contributed by atoms with E-state index in [0.29, 0.717) is 12.8 Å². The predicted octanol–water partition coefficient (Wildman–Crippen LogP) is 6.69. The Morgan fingerprint density at radius 1 is 0.688 bits per heavy atom. The summed E-state index contributed by atoms with van der Waals surface area (Å²) in [6, 6.07) is 0. The van der Waals surface area contributed by atoms with Crippen molar-refractivity contribution < 1.29 is 67.1 Å². The number of hydrogen-bond donors (Lipinski definition) is 1. The minimum absolute atomic E-state index is 0.124. The second-order valence-corrected chi connectivity index (χ2v) is 6.93. The van der Waals surface area contributed by atoms with E-state index >= 15 is 0 Å². The van der Waals surface area contributed by atoms with Crippen LogP contribution in [0.25, 0.3) is 0 Å². The van der Waals surface area contributed by atoms with E-state index in [2.05, 4.69) is 0 Å². The molecule has 0 spiro atoms. The maximum atomic E-state index is 13.6. The molecule has 0 aromatic rings. The molecule has 16 heteroatoms. The van der Waals surface area contributed by atoms with E-state index in [1.807, 2.05) is 6.92 Å². The normalized spacial score (nSPS) is 14.6. The number of amides is 1. The van der Waals surface area contributed by atoms with Crippen LogP contribution in [0.2, 0.25) is 0 Å². The van der Waals surface area contributed by atoms with Crippen LogP contribution in [0.15, 0.2) is 0 Å². The molecular weight excluding hydrogens is 485 g/mol. The lowest BCUT2D eigenvalue weighted by Gasteiger charge is -2.39. The van der Waals surface area contributed by atoms with Gasteiger partial charge in [0.15, 0.2) is 0 Å². The van der Waals surface area contributed by atoms with E-state index in [-0.39, 0.29) is 6.42 Å². The van der Waals surface area contributed by atoms with Gasteiger partial charge in [0, 0.05) is 12.8 Å². The number of unbranched alkanes of at least 4 members (excludes halogenated alkanes) is 4. The monoisotopic (exact) mass is 505 g/mol. The molecule has 0 fully saturated rings. The zero-order valence-electron chi connectivity index (χ0n) is 16.4. The van der Waals surface area contributed by atoms with Crippen LogP contribution in [0.1, 0.15) is 51.9 Å². The Kier molecular flexibility index (Phi) is 9.73. The van der Waals surface area contributed by atoms with Gasteiger partial charge in [-0.05, 0) is 6.42 Å². The molecule has 0 aromatic carbocycles. The molecule has 0 atom stereocenters. The predicted molar refractivity (Wildman–Crippen MR) is 82.3 cm³/mol. The van der Waals surface area contributed by atoms with Crippen molar-refractivity contribution in [3.63, 3.8) is 0 Å². The molecular formula is C16H20F13NO2. The fourth-order valence-electron chi connectivity index (χ4n) is 2.34. The minimum Gasteiger partial charge on any atom is -0.286 e. The highest BCUT2D eigenvalue weighted by atomic mass is 19.4. The maximum absolute atomic E-state index is 13.6. The van der Waals surface area contributed by atoms with Gasteiger partial charge < -0.3 is 0 Å². The molecule has 0 aliphatic rings. The molecule has 0 heterocycles. The zero-order valence-corrected chi connectivity index (χ0v) is 16.4. The Morgan fingerprint density at radius 3 is 1.56 bits per heavy atom. The lowest BCUT2D eigenvalue weighted by molar-refractivity contribution is -0.440. The number of hydroxylamine groups is 2. The number of alkyl halides is 13. The van der Waals surface area contributed by atoms with Crippen LogP contribution in [0, 0.1) is 0 Å². The summed E-state index contributed by atoms with van der Waals surface area (Å²) in [5.74, 6) is -38.7. The van der Waals surface area contributed by atoms with E-state index < -0.39 is 66.1 Å². The first-order chi connectivity index (χ1) is 14.1. The first-order valence-electron chi connectivity index (χ1n) is 9.06. The summed E-state index contributed by atoms with van der Waals surface area (Å²) < 4.78 is 168. The topological polar surface area (TPSA) is 40.5 Å². The Bertz CT molecular complexity index is 620. The third-order valence-corrected chi connectivity index (χ3v) is 4.42. The Hall–Kier alpha value is -1.48. The molecule has 0 aliphatic heterocycles. The third-order valence-electron chi connectivity index (χ3n) is 4.42. The molecule has 0 rings (SSSR count). The lowest BCUT2D eigenvalue weighted by atomic mass is 9.92. The molecule has 32 heavy (non-hydrogen) atoms. The highest BCUT2D eigenvalue weighted by molar-refractivity contribution is 5.74. The van der Waals surface area contributed by atoms with Crippen molar-refractivity contribution in [1.29, 1.82) is 0 Å². The Morgan fingerprint density at radius 2 is 1.12 bits per heavy atom. The molecule has 1 N–H and O–H groups in total. The lowest BCUT2D eigenvalue weighted by Crippen LogP contribution is -2.70. The standard InChI is InChI=1S/C16H20F13NO2/c1-2-3-4-5-6-7-10(31)30(32)9-8-11(17,18)12(19,20)13(21,22)14(23,24)15(25,26)16(27,28)29/h32H,2-9H2,1H3. The van der Waals surface area contributed by atoms with Gasteiger partial charge in [-0.3, -0.25) is 10.0 Å². The number of hydrogen-bond acceptors (Lipinski definition) is 2. The highest BCUT2D eigenvalue weighted by Gasteiger charge is 2.90. The van der Waals surface area contributed by atoms with Crippen LogP contribution in [-0.4, -0.2) is 58.5 Å². The summed E-state index contributed by atoms with van der Waals surface area (Å²) in [5, 5.41) is 8.66. The van der Waals surface area contributed by atoms with Crippen molar-refractivity contribution in [3.8, 4) is 0 Å². The molecule has 1 amide bonds. The summed E-state index contributed by atoms with van der Waals surface area (Å²) in [5.41, 5.74) is 0. The van der Waals surface area contributed by atoms with Gasteiger partial charge in [-0.15, -0.1) is 0 Å². The van der Waals surface area contributed by atoms with Crippen molar-refractivity contribution in [2.24, 2.45) is 0 Å². The summed E-state index contributed by atoms with van der Waals surface area (Å²) in [4.78, 5) is 11.5. The number of halogens is 13. The fourth-order valence-corrected chi connectivity index (χ4v) is 2.34. The van der Waals surface area contributed by atoms with Crippen LogP contribution >= 0.6 is 0 Å². The number of carbonyl (C=O) groups excluding carboxylic acids is 1. The fraction of sp³-hybridized carbons (Fsp3) is 0.938. The van der Waals surface area contributed by atoms with E-state index in [0.717, 1.165) is 12.8 Å². The number of rotatable bonds is 13. The smallest absolute Gasteiger partial charge is 0.286 e. The van der Waals surface area contributed by atoms with Gasteiger partial charge in [0.1, 0.15) is 0 Å². The van der Waals surface area contributed by atoms with Gasteiger partial charge in [-0.2, -0.15) is 57.1 Å². The largest absolute Gasteiger partial charge is 0.460 e. The van der Waals surface area contributed by atoms with Crippen LogP contribution in [0.4, 0.5) is 57.1 Å². The van der Waals surface area contributed by atoms with E-state index in [4.69, 9.17) is 0 Å². The molecule has 0 saturated heterocycles. The van der Waals surface area contributed by atoms with E-state index in [1.165, 1.54) is 0 Å². The summed E-state index contributed by atoms with van der Waals surface area (Å²) in [7, 11) is 0. The first-order valence-corrected chi connectivity index (χ1v) is 9.06. The Balaban J connectivity index is 5.41. The summed E-state index contributed by atoms with van der Waals surface area (Å²) >= 11 is 0. The van der Waals surface area contributed by atoms with E-state index in [9.17, 15) is 67.1 Å². The molecule has 0 aliphatic carbocycles. The van der Waals surface area contributed by atoms with Crippen LogP contribution < -0.4 is 0 Å². The number of nitrogens with zero attached hydrogens (tertiary/aromatic N) is 1. The van der Waals surface area contributed by atoms with Crippen molar-refractivity contribution in [1.82, 2.24) is 5.06 Å². The average molecular weight is 505 g/mol. The SMILES string of the molecule is CCCCCCCC(=O)N(O)CCC(F)(F)C(F)(F)C(F)(F)C(F)(F)C(F)(F)C(F)(F)F. The second-order valence-electron chi connectivity index (χ2n) is 6.93. The zero-order chi connectivity index (χ0) is 25.8. The molecule has 0 unspecified atom stereocenters. The van der Waals surface area contributed by atoms with Gasteiger partial charge in [0.25, 0.3) is 0 Å². The van der Waals surface area contributed by atoms with Crippen molar-refractivity contribution in [2.45, 2.75) is 87.7 Å². The molecule has 0 saturated carbocycles. The van der Waals surface area contributed by atoms with Crippen LogP contribution in [0.5, 0.6) is 0 Å². The van der Waals surface area contributed by atoms with Gasteiger partial charge in [-0.1, -0.05) is 32.6 Å². The van der Waals surface area contributed by atoms with Crippen molar-refractivity contribution in [2.75, 3.05) is 6.54 Å².